The van der Waals surface area contributed by atoms with Crippen LogP contribution >= 0.6 is 15.9 Å². The van der Waals surface area contributed by atoms with Crippen LogP contribution in [-0.4, -0.2) is 19.4 Å². The van der Waals surface area contributed by atoms with Crippen LogP contribution in [0.2, 0.25) is 0 Å². The Morgan fingerprint density at radius 2 is 2.00 bits per heavy atom. The molecule has 0 saturated carbocycles. The third kappa shape index (κ3) is 3.80. The average molecular weight is 329 g/mol. The molecule has 0 bridgehead atoms. The minimum atomic E-state index is -0.289. The van der Waals surface area contributed by atoms with Crippen LogP contribution in [0.3, 0.4) is 0 Å². The van der Waals surface area contributed by atoms with Gasteiger partial charge in [-0.15, -0.1) is 0 Å². The zero-order chi connectivity index (χ0) is 14.4. The van der Waals surface area contributed by atoms with Crippen molar-refractivity contribution in [3.8, 4) is 11.5 Å². The molecule has 0 atom stereocenters. The van der Waals surface area contributed by atoms with E-state index in [4.69, 9.17) is 9.47 Å². The van der Waals surface area contributed by atoms with Crippen molar-refractivity contribution < 1.29 is 19.1 Å². The molecule has 0 fully saturated rings. The first-order valence-electron chi connectivity index (χ1n) is 6.11. The van der Waals surface area contributed by atoms with E-state index in [-0.39, 0.29) is 11.9 Å². The molecule has 1 aromatic carbocycles. The van der Waals surface area contributed by atoms with Crippen molar-refractivity contribution in [3.63, 3.8) is 0 Å². The standard InChI is InChI=1S/C14H17BrO4/c1-4-10(5-2)14(17)19-13-11(15)6-9(8-16)7-12(13)18-3/h6-8,10H,4-5H2,1-3H3. The maximum absolute atomic E-state index is 12.0. The van der Waals surface area contributed by atoms with Gasteiger partial charge in [-0.25, -0.2) is 0 Å². The molecule has 19 heavy (non-hydrogen) atoms. The Balaban J connectivity index is 3.06. The molecule has 4 nitrogen and oxygen atoms in total. The molecule has 0 aliphatic heterocycles. The number of hydrogen-bond acceptors (Lipinski definition) is 4. The first-order chi connectivity index (χ1) is 9.07. The van der Waals surface area contributed by atoms with Crippen LogP contribution in [0.25, 0.3) is 0 Å². The van der Waals surface area contributed by atoms with E-state index in [1.165, 1.54) is 13.2 Å². The number of methoxy groups -OCH3 is 1. The average Bonchev–Trinajstić information content (AvgIpc) is 2.42. The van der Waals surface area contributed by atoms with Gasteiger partial charge in [0.1, 0.15) is 6.29 Å². The summed E-state index contributed by atoms with van der Waals surface area (Å²) in [4.78, 5) is 22.8. The third-order valence-corrected chi connectivity index (χ3v) is 3.50. The maximum Gasteiger partial charge on any atom is 0.314 e. The molecule has 0 saturated heterocycles. The van der Waals surface area contributed by atoms with Gasteiger partial charge in [0.15, 0.2) is 11.5 Å². The molecule has 0 aliphatic rings. The topological polar surface area (TPSA) is 52.6 Å². The van der Waals surface area contributed by atoms with Gasteiger partial charge in [0.2, 0.25) is 0 Å². The third-order valence-electron chi connectivity index (χ3n) is 2.91. The lowest BCUT2D eigenvalue weighted by molar-refractivity contribution is -0.139. The summed E-state index contributed by atoms with van der Waals surface area (Å²) < 4.78 is 11.1. The molecule has 0 unspecified atom stereocenters. The Morgan fingerprint density at radius 3 is 2.47 bits per heavy atom. The van der Waals surface area contributed by atoms with E-state index in [1.807, 2.05) is 13.8 Å². The molecule has 0 heterocycles. The molecule has 0 radical (unpaired) electrons. The van der Waals surface area contributed by atoms with Crippen LogP contribution < -0.4 is 9.47 Å². The van der Waals surface area contributed by atoms with Gasteiger partial charge in [0.25, 0.3) is 0 Å². The highest BCUT2D eigenvalue weighted by atomic mass is 79.9. The monoisotopic (exact) mass is 328 g/mol. The van der Waals surface area contributed by atoms with Crippen molar-refractivity contribution >= 4 is 28.2 Å². The molecule has 1 aromatic rings. The van der Waals surface area contributed by atoms with Gasteiger partial charge >= 0.3 is 5.97 Å². The molecule has 104 valence electrons. The van der Waals surface area contributed by atoms with E-state index >= 15 is 0 Å². The number of ether oxygens (including phenoxy) is 2. The van der Waals surface area contributed by atoms with Crippen LogP contribution in [-0.2, 0) is 4.79 Å². The summed E-state index contributed by atoms with van der Waals surface area (Å²) in [6, 6.07) is 3.12. The molecule has 5 heteroatoms. The van der Waals surface area contributed by atoms with Crippen molar-refractivity contribution in [3.05, 3.63) is 22.2 Å². The summed E-state index contributed by atoms with van der Waals surface area (Å²) in [5, 5.41) is 0. The van der Waals surface area contributed by atoms with Gasteiger partial charge in [-0.1, -0.05) is 13.8 Å². The number of carbonyl (C=O) groups is 2. The fraction of sp³-hybridized carbons (Fsp3) is 0.429. The Labute approximate surface area is 121 Å². The zero-order valence-electron chi connectivity index (χ0n) is 11.2. The van der Waals surface area contributed by atoms with Gasteiger partial charge < -0.3 is 9.47 Å². The molecule has 0 aliphatic carbocycles. The summed E-state index contributed by atoms with van der Waals surface area (Å²) in [6.07, 6.45) is 2.16. The Kier molecular flexibility index (Phi) is 6.02. The number of esters is 1. The molecular weight excluding hydrogens is 312 g/mol. The van der Waals surface area contributed by atoms with Crippen LogP contribution in [0.5, 0.6) is 11.5 Å². The normalized spacial score (nSPS) is 10.4. The van der Waals surface area contributed by atoms with E-state index in [9.17, 15) is 9.59 Å². The largest absolute Gasteiger partial charge is 0.493 e. The first-order valence-corrected chi connectivity index (χ1v) is 6.91. The quantitative estimate of drug-likeness (QED) is 0.454. The van der Waals surface area contributed by atoms with Crippen LogP contribution in [0.1, 0.15) is 37.0 Å². The smallest absolute Gasteiger partial charge is 0.314 e. The Morgan fingerprint density at radius 1 is 1.37 bits per heavy atom. The zero-order valence-corrected chi connectivity index (χ0v) is 12.8. The van der Waals surface area contributed by atoms with Crippen molar-refractivity contribution in [1.82, 2.24) is 0 Å². The van der Waals surface area contributed by atoms with Gasteiger partial charge in [-0.05, 0) is 40.9 Å². The van der Waals surface area contributed by atoms with E-state index < -0.39 is 0 Å². The Hall–Kier alpha value is -1.36. The molecule has 0 N–H and O–H groups in total. The lowest BCUT2D eigenvalue weighted by atomic mass is 10.0. The molecule has 0 spiro atoms. The SMILES string of the molecule is CCC(CC)C(=O)Oc1c(Br)cc(C=O)cc1OC. The van der Waals surface area contributed by atoms with Gasteiger partial charge in [0, 0.05) is 5.56 Å². The second-order valence-corrected chi connectivity index (χ2v) is 4.94. The van der Waals surface area contributed by atoms with Crippen molar-refractivity contribution in [2.45, 2.75) is 26.7 Å². The number of benzene rings is 1. The number of rotatable bonds is 6. The second-order valence-electron chi connectivity index (χ2n) is 4.09. The molecule has 1 rings (SSSR count). The summed E-state index contributed by atoms with van der Waals surface area (Å²) in [6.45, 7) is 3.88. The fourth-order valence-electron chi connectivity index (χ4n) is 1.71. The minimum absolute atomic E-state index is 0.137. The summed E-state index contributed by atoms with van der Waals surface area (Å²) in [5.74, 6) is 0.242. The summed E-state index contributed by atoms with van der Waals surface area (Å²) in [7, 11) is 1.46. The Bertz CT molecular complexity index is 467. The molecule has 0 amide bonds. The minimum Gasteiger partial charge on any atom is -0.493 e. The highest BCUT2D eigenvalue weighted by Gasteiger charge is 2.20. The highest BCUT2D eigenvalue weighted by Crippen LogP contribution is 2.37. The number of carbonyl (C=O) groups excluding carboxylic acids is 2. The van der Waals surface area contributed by atoms with Gasteiger partial charge in [0.05, 0.1) is 17.5 Å². The predicted octanol–water partition coefficient (Wildman–Crippen LogP) is 3.61. The lowest BCUT2D eigenvalue weighted by Crippen LogP contribution is -2.19. The maximum atomic E-state index is 12.0. The van der Waals surface area contributed by atoms with E-state index in [0.717, 1.165) is 12.8 Å². The summed E-state index contributed by atoms with van der Waals surface area (Å²) in [5.41, 5.74) is 0.450. The number of aldehydes is 1. The van der Waals surface area contributed by atoms with Crippen LogP contribution in [0.15, 0.2) is 16.6 Å². The van der Waals surface area contributed by atoms with Crippen LogP contribution in [0.4, 0.5) is 0 Å². The number of hydrogen-bond donors (Lipinski definition) is 0. The predicted molar refractivity (Wildman–Crippen MR) is 75.8 cm³/mol. The second kappa shape index (κ2) is 7.28. The van der Waals surface area contributed by atoms with Gasteiger partial charge in [-0.3, -0.25) is 9.59 Å². The van der Waals surface area contributed by atoms with Crippen molar-refractivity contribution in [2.24, 2.45) is 5.92 Å². The molecular formula is C14H17BrO4. The van der Waals surface area contributed by atoms with E-state index in [1.54, 1.807) is 6.07 Å². The fourth-order valence-corrected chi connectivity index (χ4v) is 2.25. The van der Waals surface area contributed by atoms with Crippen molar-refractivity contribution in [2.75, 3.05) is 7.11 Å². The van der Waals surface area contributed by atoms with E-state index in [0.29, 0.717) is 27.8 Å². The van der Waals surface area contributed by atoms with E-state index in [2.05, 4.69) is 15.9 Å². The van der Waals surface area contributed by atoms with Gasteiger partial charge in [-0.2, -0.15) is 0 Å². The summed E-state index contributed by atoms with van der Waals surface area (Å²) >= 11 is 3.28. The highest BCUT2D eigenvalue weighted by molar-refractivity contribution is 9.10. The first kappa shape index (κ1) is 15.7. The molecule has 0 aromatic heterocycles. The number of halogens is 1. The van der Waals surface area contributed by atoms with Crippen molar-refractivity contribution in [1.29, 1.82) is 0 Å². The lowest BCUT2D eigenvalue weighted by Gasteiger charge is -2.15. The van der Waals surface area contributed by atoms with Crippen LogP contribution in [0, 0.1) is 5.92 Å².